The predicted molar refractivity (Wildman–Crippen MR) is 119 cm³/mol. The molecule has 0 aliphatic rings. The van der Waals surface area contributed by atoms with Crippen LogP contribution >= 0.6 is 11.8 Å². The summed E-state index contributed by atoms with van der Waals surface area (Å²) in [5.41, 5.74) is 3.36. The van der Waals surface area contributed by atoms with Crippen LogP contribution in [-0.4, -0.2) is 25.6 Å². The zero-order chi connectivity index (χ0) is 22.6. The van der Waals surface area contributed by atoms with E-state index in [1.54, 1.807) is 0 Å². The molecular weight excluding hydrogens is 442 g/mol. The molecular formula is C23H19N5O4S. The van der Waals surface area contributed by atoms with E-state index in [9.17, 15) is 0 Å². The summed E-state index contributed by atoms with van der Waals surface area (Å²) in [6.07, 6.45) is 0. The Morgan fingerprint density at radius 2 is 1.73 bits per heavy atom. The third kappa shape index (κ3) is 4.80. The van der Waals surface area contributed by atoms with Gasteiger partial charge in [-0.15, -0.1) is 20.4 Å². The van der Waals surface area contributed by atoms with Crippen LogP contribution in [0.4, 0.5) is 0 Å². The van der Waals surface area contributed by atoms with Crippen LogP contribution in [0.1, 0.15) is 23.1 Å². The first kappa shape index (κ1) is 21.0. The fourth-order valence-corrected chi connectivity index (χ4v) is 3.78. The maximum Gasteiger partial charge on any atom is 0.277 e. The molecule has 0 saturated carbocycles. The number of aromatic nitrogens is 5. The molecule has 5 aromatic rings. The van der Waals surface area contributed by atoms with Crippen LogP contribution in [0.3, 0.4) is 0 Å². The van der Waals surface area contributed by atoms with E-state index in [4.69, 9.17) is 18.1 Å². The van der Waals surface area contributed by atoms with Crippen molar-refractivity contribution in [2.75, 3.05) is 0 Å². The van der Waals surface area contributed by atoms with E-state index in [0.29, 0.717) is 45.7 Å². The first-order chi connectivity index (χ1) is 16.2. The van der Waals surface area contributed by atoms with Crippen LogP contribution < -0.4 is 4.74 Å². The minimum atomic E-state index is 0.191. The zero-order valence-corrected chi connectivity index (χ0v) is 18.7. The third-order valence-corrected chi connectivity index (χ3v) is 5.51. The van der Waals surface area contributed by atoms with Crippen molar-refractivity contribution in [1.82, 2.24) is 25.6 Å². The second kappa shape index (κ2) is 9.29. The molecule has 0 aliphatic heterocycles. The van der Waals surface area contributed by atoms with Crippen LogP contribution in [0.15, 0.2) is 73.2 Å². The van der Waals surface area contributed by atoms with Crippen molar-refractivity contribution in [1.29, 1.82) is 0 Å². The summed E-state index contributed by atoms with van der Waals surface area (Å²) in [5.74, 6) is 2.88. The van der Waals surface area contributed by atoms with Crippen molar-refractivity contribution >= 4 is 11.8 Å². The van der Waals surface area contributed by atoms with Crippen LogP contribution in [0, 0.1) is 13.8 Å². The SMILES string of the molecule is Cc1cccc(OCc2nnc(SCc3nnc(-c4c(-c5ccccc5)noc4C)o3)o2)c1. The van der Waals surface area contributed by atoms with Crippen LogP contribution in [0.2, 0.25) is 0 Å². The van der Waals surface area contributed by atoms with Crippen molar-refractivity contribution in [3.8, 4) is 28.5 Å². The fraction of sp³-hybridized carbons (Fsp3) is 0.174. The van der Waals surface area contributed by atoms with Crippen molar-refractivity contribution in [2.24, 2.45) is 0 Å². The summed E-state index contributed by atoms with van der Waals surface area (Å²) in [4.78, 5) is 0. The highest BCUT2D eigenvalue weighted by molar-refractivity contribution is 7.98. The number of ether oxygens (including phenoxy) is 1. The van der Waals surface area contributed by atoms with Gasteiger partial charge in [-0.05, 0) is 31.5 Å². The minimum Gasteiger partial charge on any atom is -0.484 e. The molecule has 166 valence electrons. The van der Waals surface area contributed by atoms with Crippen LogP contribution in [0.5, 0.6) is 5.75 Å². The maximum atomic E-state index is 5.86. The molecule has 3 aromatic heterocycles. The lowest BCUT2D eigenvalue weighted by Gasteiger charge is -2.03. The van der Waals surface area contributed by atoms with E-state index >= 15 is 0 Å². The van der Waals surface area contributed by atoms with E-state index < -0.39 is 0 Å². The molecule has 2 aromatic carbocycles. The molecule has 0 saturated heterocycles. The number of hydrogen-bond acceptors (Lipinski definition) is 10. The number of hydrogen-bond donors (Lipinski definition) is 0. The third-order valence-electron chi connectivity index (χ3n) is 4.71. The summed E-state index contributed by atoms with van der Waals surface area (Å²) in [7, 11) is 0. The predicted octanol–water partition coefficient (Wildman–Crippen LogP) is 5.26. The molecule has 5 rings (SSSR count). The quantitative estimate of drug-likeness (QED) is 0.283. The van der Waals surface area contributed by atoms with Gasteiger partial charge >= 0.3 is 0 Å². The Hall–Kier alpha value is -3.92. The van der Waals surface area contributed by atoms with E-state index in [0.717, 1.165) is 16.9 Å². The zero-order valence-electron chi connectivity index (χ0n) is 17.9. The molecule has 9 nitrogen and oxygen atoms in total. The molecule has 0 amide bonds. The number of nitrogens with zero attached hydrogens (tertiary/aromatic N) is 5. The van der Waals surface area contributed by atoms with Gasteiger partial charge in [-0.3, -0.25) is 0 Å². The van der Waals surface area contributed by atoms with Crippen molar-refractivity contribution in [3.05, 3.63) is 77.7 Å². The van der Waals surface area contributed by atoms with Gasteiger partial charge in [-0.1, -0.05) is 59.4 Å². The molecule has 10 heteroatoms. The lowest BCUT2D eigenvalue weighted by molar-refractivity contribution is 0.252. The van der Waals surface area contributed by atoms with Crippen LogP contribution in [0.25, 0.3) is 22.7 Å². The maximum absolute atomic E-state index is 5.86. The average Bonchev–Trinajstić information content (AvgIpc) is 3.57. The van der Waals surface area contributed by atoms with Gasteiger partial charge in [0.2, 0.25) is 5.89 Å². The Labute approximate surface area is 193 Å². The molecule has 3 heterocycles. The summed E-state index contributed by atoms with van der Waals surface area (Å²) < 4.78 is 22.6. The van der Waals surface area contributed by atoms with Gasteiger partial charge in [0.25, 0.3) is 17.0 Å². The number of rotatable bonds is 8. The van der Waals surface area contributed by atoms with Gasteiger partial charge in [-0.25, -0.2) is 0 Å². The minimum absolute atomic E-state index is 0.191. The molecule has 0 spiro atoms. The Kier molecular flexibility index (Phi) is 5.90. The molecule has 0 fully saturated rings. The highest BCUT2D eigenvalue weighted by atomic mass is 32.2. The van der Waals surface area contributed by atoms with Gasteiger partial charge in [0.15, 0.2) is 6.61 Å². The largest absolute Gasteiger partial charge is 0.484 e. The van der Waals surface area contributed by atoms with Crippen LogP contribution in [-0.2, 0) is 12.4 Å². The van der Waals surface area contributed by atoms with Crippen molar-refractivity contribution in [2.45, 2.75) is 31.4 Å². The normalized spacial score (nSPS) is 11.1. The van der Waals surface area contributed by atoms with Gasteiger partial charge in [0, 0.05) is 5.56 Å². The first-order valence-corrected chi connectivity index (χ1v) is 11.1. The second-order valence-electron chi connectivity index (χ2n) is 7.18. The monoisotopic (exact) mass is 461 g/mol. The van der Waals surface area contributed by atoms with Crippen molar-refractivity contribution < 1.29 is 18.1 Å². The highest BCUT2D eigenvalue weighted by Crippen LogP contribution is 2.34. The molecule has 0 N–H and O–H groups in total. The molecule has 0 bridgehead atoms. The van der Waals surface area contributed by atoms with E-state index in [1.807, 2.05) is 68.4 Å². The second-order valence-corrected chi connectivity index (χ2v) is 8.11. The fourth-order valence-electron chi connectivity index (χ4n) is 3.16. The summed E-state index contributed by atoms with van der Waals surface area (Å²) in [6.45, 7) is 4.01. The lowest BCUT2D eigenvalue weighted by atomic mass is 10.1. The van der Waals surface area contributed by atoms with Gasteiger partial charge < -0.3 is 18.1 Å². The first-order valence-electron chi connectivity index (χ1n) is 10.1. The van der Waals surface area contributed by atoms with Gasteiger partial charge in [-0.2, -0.15) is 0 Å². The molecule has 0 unspecified atom stereocenters. The number of benzene rings is 2. The van der Waals surface area contributed by atoms with Crippen molar-refractivity contribution in [3.63, 3.8) is 0 Å². The summed E-state index contributed by atoms with van der Waals surface area (Å²) >= 11 is 1.30. The van der Waals surface area contributed by atoms with Gasteiger partial charge in [0.05, 0.1) is 5.75 Å². The van der Waals surface area contributed by atoms with E-state index in [1.165, 1.54) is 11.8 Å². The Morgan fingerprint density at radius 1 is 0.879 bits per heavy atom. The Balaban J connectivity index is 1.23. The Bertz CT molecular complexity index is 1360. The van der Waals surface area contributed by atoms with E-state index in [-0.39, 0.29) is 6.61 Å². The molecule has 0 atom stereocenters. The summed E-state index contributed by atoms with van der Waals surface area (Å²) in [5, 5.41) is 20.9. The van der Waals surface area contributed by atoms with E-state index in [2.05, 4.69) is 25.6 Å². The topological polar surface area (TPSA) is 113 Å². The number of thioether (sulfide) groups is 1. The van der Waals surface area contributed by atoms with Gasteiger partial charge in [0.1, 0.15) is 22.8 Å². The molecule has 0 aliphatic carbocycles. The Morgan fingerprint density at radius 3 is 2.58 bits per heavy atom. The lowest BCUT2D eigenvalue weighted by Crippen LogP contribution is -1.95. The highest BCUT2D eigenvalue weighted by Gasteiger charge is 2.22. The standard InChI is InChI=1S/C23H19N5O4S/c1-14-7-6-10-17(11-14)29-12-18-24-27-23(31-18)33-13-19-25-26-22(30-19)20-15(2)32-28-21(20)16-8-4-3-5-9-16/h3-11H,12-13H2,1-2H3. The average molecular weight is 462 g/mol. The smallest absolute Gasteiger partial charge is 0.277 e. The molecule has 33 heavy (non-hydrogen) atoms. The number of aryl methyl sites for hydroxylation is 2. The summed E-state index contributed by atoms with van der Waals surface area (Å²) in [6, 6.07) is 17.5. The molecule has 0 radical (unpaired) electrons.